The molecule has 1 aromatic rings. The first-order chi connectivity index (χ1) is 7.52. The Morgan fingerprint density at radius 3 is 2.94 bits per heavy atom. The number of nitrogens with two attached hydrogens (primary N) is 1. The average Bonchev–Trinajstić information content (AvgIpc) is 2.71. The summed E-state index contributed by atoms with van der Waals surface area (Å²) in [5, 5.41) is 19.0. The summed E-state index contributed by atoms with van der Waals surface area (Å²) < 4.78 is 5.20. The summed E-state index contributed by atoms with van der Waals surface area (Å²) >= 11 is 5.96. The molecule has 0 fully saturated rings. The molecule has 1 heterocycles. The van der Waals surface area contributed by atoms with E-state index in [0.29, 0.717) is 23.6 Å². The summed E-state index contributed by atoms with van der Waals surface area (Å²) in [5.41, 5.74) is 6.19. The van der Waals surface area contributed by atoms with Crippen molar-refractivity contribution in [1.29, 1.82) is 0 Å². The summed E-state index contributed by atoms with van der Waals surface area (Å²) in [4.78, 5) is 10.7. The van der Waals surface area contributed by atoms with Crippen LogP contribution in [0.5, 0.6) is 11.5 Å². The standard InChI is InChI=1S/C10H10ClNO4/c11-6-3-5(7(12)10(14)15)8(13)9-4(6)1-2-16-9/h3,7,13H,1-2,12H2,(H,14,15). The van der Waals surface area contributed by atoms with Crippen molar-refractivity contribution < 1.29 is 19.7 Å². The van der Waals surface area contributed by atoms with Gasteiger partial charge in [-0.2, -0.15) is 0 Å². The van der Waals surface area contributed by atoms with Gasteiger partial charge in [0.15, 0.2) is 11.5 Å². The molecule has 0 saturated heterocycles. The van der Waals surface area contributed by atoms with Crippen molar-refractivity contribution in [2.75, 3.05) is 6.61 Å². The van der Waals surface area contributed by atoms with E-state index in [1.54, 1.807) is 0 Å². The lowest BCUT2D eigenvalue weighted by molar-refractivity contribution is -0.138. The maximum Gasteiger partial charge on any atom is 0.325 e. The van der Waals surface area contributed by atoms with Crippen molar-refractivity contribution in [2.24, 2.45) is 5.73 Å². The lowest BCUT2D eigenvalue weighted by atomic mass is 10.0. The van der Waals surface area contributed by atoms with Gasteiger partial charge in [-0.25, -0.2) is 0 Å². The molecule has 0 aliphatic carbocycles. The Morgan fingerprint density at radius 2 is 2.31 bits per heavy atom. The van der Waals surface area contributed by atoms with Crippen LogP contribution in [0.2, 0.25) is 5.02 Å². The van der Waals surface area contributed by atoms with Gasteiger partial charge in [0.2, 0.25) is 0 Å². The summed E-state index contributed by atoms with van der Waals surface area (Å²) in [6.07, 6.45) is 0.602. The molecule has 0 amide bonds. The van der Waals surface area contributed by atoms with Gasteiger partial charge in [-0.05, 0) is 6.07 Å². The molecule has 86 valence electrons. The molecule has 16 heavy (non-hydrogen) atoms. The quantitative estimate of drug-likeness (QED) is 0.722. The van der Waals surface area contributed by atoms with E-state index < -0.39 is 12.0 Å². The molecule has 2 rings (SSSR count). The van der Waals surface area contributed by atoms with Crippen molar-refractivity contribution in [3.8, 4) is 11.5 Å². The number of rotatable bonds is 2. The molecule has 1 aliphatic rings. The molecule has 0 bridgehead atoms. The molecule has 1 aromatic carbocycles. The zero-order chi connectivity index (χ0) is 11.9. The fraction of sp³-hybridized carbons (Fsp3) is 0.300. The number of carboxylic acids is 1. The smallest absolute Gasteiger partial charge is 0.325 e. The van der Waals surface area contributed by atoms with Gasteiger partial charge in [0, 0.05) is 22.6 Å². The predicted octanol–water partition coefficient (Wildman–Crippen LogP) is 1.06. The number of ether oxygens (including phenoxy) is 1. The molecule has 0 aromatic heterocycles. The van der Waals surface area contributed by atoms with Crippen molar-refractivity contribution in [3.63, 3.8) is 0 Å². The van der Waals surface area contributed by atoms with Gasteiger partial charge in [-0.15, -0.1) is 0 Å². The molecule has 1 aliphatic heterocycles. The molecule has 0 radical (unpaired) electrons. The molecular formula is C10H10ClNO4. The van der Waals surface area contributed by atoms with E-state index in [1.807, 2.05) is 0 Å². The third kappa shape index (κ3) is 1.58. The lowest BCUT2D eigenvalue weighted by Crippen LogP contribution is -2.20. The van der Waals surface area contributed by atoms with Gasteiger partial charge < -0.3 is 20.7 Å². The van der Waals surface area contributed by atoms with Gasteiger partial charge in [0.1, 0.15) is 6.04 Å². The summed E-state index contributed by atoms with van der Waals surface area (Å²) in [7, 11) is 0. The van der Waals surface area contributed by atoms with E-state index in [-0.39, 0.29) is 17.1 Å². The predicted molar refractivity (Wildman–Crippen MR) is 56.9 cm³/mol. The second-order valence-corrected chi connectivity index (χ2v) is 3.93. The Kier molecular flexibility index (Phi) is 2.65. The van der Waals surface area contributed by atoms with Crippen LogP contribution in [0, 0.1) is 0 Å². The first kappa shape index (κ1) is 11.0. The normalized spacial score (nSPS) is 15.4. The van der Waals surface area contributed by atoms with Crippen molar-refractivity contribution in [3.05, 3.63) is 22.2 Å². The van der Waals surface area contributed by atoms with Gasteiger partial charge >= 0.3 is 5.97 Å². The minimum absolute atomic E-state index is 0.0677. The first-order valence-electron chi connectivity index (χ1n) is 4.67. The molecule has 6 heteroatoms. The molecule has 1 unspecified atom stereocenters. The number of benzene rings is 1. The van der Waals surface area contributed by atoms with Crippen molar-refractivity contribution in [2.45, 2.75) is 12.5 Å². The highest BCUT2D eigenvalue weighted by Crippen LogP contribution is 2.43. The Hall–Kier alpha value is -1.46. The third-order valence-corrected chi connectivity index (χ3v) is 2.87. The maximum atomic E-state index is 10.7. The number of carbonyl (C=O) groups is 1. The third-order valence-electron chi connectivity index (χ3n) is 2.53. The summed E-state index contributed by atoms with van der Waals surface area (Å²) in [5.74, 6) is -1.21. The van der Waals surface area contributed by atoms with E-state index in [0.717, 1.165) is 0 Å². The number of fused-ring (bicyclic) bond motifs is 1. The Bertz CT molecular complexity index is 461. The second kappa shape index (κ2) is 3.84. The van der Waals surface area contributed by atoms with Gasteiger partial charge in [0.05, 0.1) is 6.61 Å². The van der Waals surface area contributed by atoms with Gasteiger partial charge in [-0.1, -0.05) is 11.6 Å². The molecule has 0 spiro atoms. The summed E-state index contributed by atoms with van der Waals surface area (Å²) in [6, 6.07) is 0.0652. The summed E-state index contributed by atoms with van der Waals surface area (Å²) in [6.45, 7) is 0.425. The largest absolute Gasteiger partial charge is 0.504 e. The number of carboxylic acid groups (broad SMARTS) is 1. The fourth-order valence-corrected chi connectivity index (χ4v) is 1.99. The maximum absolute atomic E-state index is 10.7. The molecule has 4 N–H and O–H groups in total. The van der Waals surface area contributed by atoms with E-state index in [2.05, 4.69) is 0 Å². The number of phenols is 1. The van der Waals surface area contributed by atoms with E-state index in [9.17, 15) is 9.90 Å². The van der Waals surface area contributed by atoms with E-state index in [4.69, 9.17) is 27.2 Å². The monoisotopic (exact) mass is 243 g/mol. The number of aliphatic carboxylic acids is 1. The highest BCUT2D eigenvalue weighted by Gasteiger charge is 2.27. The van der Waals surface area contributed by atoms with Crippen LogP contribution in [-0.2, 0) is 11.2 Å². The average molecular weight is 244 g/mol. The number of hydrogen-bond acceptors (Lipinski definition) is 4. The highest BCUT2D eigenvalue weighted by atomic mass is 35.5. The minimum atomic E-state index is -1.31. The van der Waals surface area contributed by atoms with Crippen LogP contribution in [-0.4, -0.2) is 22.8 Å². The Morgan fingerprint density at radius 1 is 1.62 bits per heavy atom. The zero-order valence-corrected chi connectivity index (χ0v) is 8.99. The minimum Gasteiger partial charge on any atom is -0.504 e. The van der Waals surface area contributed by atoms with Crippen LogP contribution in [0.15, 0.2) is 6.07 Å². The van der Waals surface area contributed by atoms with Gasteiger partial charge in [-0.3, -0.25) is 4.79 Å². The highest BCUT2D eigenvalue weighted by molar-refractivity contribution is 6.31. The van der Waals surface area contributed by atoms with Crippen LogP contribution < -0.4 is 10.5 Å². The van der Waals surface area contributed by atoms with Crippen LogP contribution >= 0.6 is 11.6 Å². The molecule has 5 nitrogen and oxygen atoms in total. The van der Waals surface area contributed by atoms with Crippen LogP contribution in [0.25, 0.3) is 0 Å². The first-order valence-corrected chi connectivity index (χ1v) is 5.05. The van der Waals surface area contributed by atoms with E-state index >= 15 is 0 Å². The number of aromatic hydroxyl groups is 1. The van der Waals surface area contributed by atoms with Crippen LogP contribution in [0.1, 0.15) is 17.2 Å². The van der Waals surface area contributed by atoms with Crippen molar-refractivity contribution in [1.82, 2.24) is 0 Å². The van der Waals surface area contributed by atoms with Crippen LogP contribution in [0.4, 0.5) is 0 Å². The Labute approximate surface area is 96.4 Å². The lowest BCUT2D eigenvalue weighted by Gasteiger charge is -2.13. The number of hydrogen-bond donors (Lipinski definition) is 3. The fourth-order valence-electron chi connectivity index (χ4n) is 1.69. The topological polar surface area (TPSA) is 92.8 Å². The molecule has 0 saturated carbocycles. The van der Waals surface area contributed by atoms with E-state index in [1.165, 1.54) is 6.07 Å². The second-order valence-electron chi connectivity index (χ2n) is 3.52. The molecular weight excluding hydrogens is 234 g/mol. The zero-order valence-electron chi connectivity index (χ0n) is 8.24. The number of phenolic OH excluding ortho intramolecular Hbond substituents is 1. The van der Waals surface area contributed by atoms with Crippen molar-refractivity contribution >= 4 is 17.6 Å². The molecule has 1 atom stereocenters. The number of halogens is 1. The van der Waals surface area contributed by atoms with Crippen LogP contribution in [0.3, 0.4) is 0 Å². The Balaban J connectivity index is 2.56. The van der Waals surface area contributed by atoms with Gasteiger partial charge in [0.25, 0.3) is 0 Å². The SMILES string of the molecule is NC(C(=O)O)c1cc(Cl)c2c(c1O)OCC2.